The number of hydrogen-bond acceptors (Lipinski definition) is 2. The van der Waals surface area contributed by atoms with Crippen LogP contribution in [0.25, 0.3) is 5.31 Å². The highest BCUT2D eigenvalue weighted by atomic mass is 31.2. The van der Waals surface area contributed by atoms with E-state index in [0.717, 1.165) is 23.0 Å². The van der Waals surface area contributed by atoms with Gasteiger partial charge in [-0.1, -0.05) is 74.5 Å². The summed E-state index contributed by atoms with van der Waals surface area (Å²) in [5.74, 6) is 1.55. The summed E-state index contributed by atoms with van der Waals surface area (Å²) in [5.41, 5.74) is 10.6. The Morgan fingerprint density at radius 3 is 2.26 bits per heavy atom. The quantitative estimate of drug-likeness (QED) is 0.673. The molecule has 3 heteroatoms. The monoisotopic (exact) mass is 377 g/mol. The predicted molar refractivity (Wildman–Crippen MR) is 113 cm³/mol. The van der Waals surface area contributed by atoms with Gasteiger partial charge in [0.1, 0.15) is 7.14 Å². The van der Waals surface area contributed by atoms with Crippen molar-refractivity contribution in [2.75, 3.05) is 0 Å². The molecule has 27 heavy (non-hydrogen) atoms. The SMILES string of the molecule is CC1(C)[C@H]2C[C@@H]1[C@@H]1C(N)=C(c3ccccc3)[P@@](=O)(Cc3ccccc3)[C@@H]1C2. The van der Waals surface area contributed by atoms with Crippen molar-refractivity contribution in [2.45, 2.75) is 38.5 Å². The van der Waals surface area contributed by atoms with Gasteiger partial charge >= 0.3 is 0 Å². The van der Waals surface area contributed by atoms with Crippen LogP contribution in [-0.4, -0.2) is 5.66 Å². The number of benzene rings is 2. The van der Waals surface area contributed by atoms with Crippen LogP contribution >= 0.6 is 7.14 Å². The normalized spacial score (nSPS) is 36.2. The Morgan fingerprint density at radius 1 is 1.00 bits per heavy atom. The van der Waals surface area contributed by atoms with Crippen LogP contribution in [0.1, 0.15) is 37.8 Å². The molecule has 2 aromatic rings. The van der Waals surface area contributed by atoms with Gasteiger partial charge in [-0.2, -0.15) is 0 Å². The average molecular weight is 377 g/mol. The van der Waals surface area contributed by atoms with Crippen LogP contribution in [0.2, 0.25) is 0 Å². The Kier molecular flexibility index (Phi) is 3.75. The molecule has 140 valence electrons. The van der Waals surface area contributed by atoms with Crippen LogP contribution < -0.4 is 5.73 Å². The summed E-state index contributed by atoms with van der Waals surface area (Å²) >= 11 is 0. The van der Waals surface area contributed by atoms with Crippen molar-refractivity contribution in [3.8, 4) is 0 Å². The number of allylic oxidation sites excluding steroid dienone is 1. The van der Waals surface area contributed by atoms with Gasteiger partial charge in [-0.15, -0.1) is 0 Å². The van der Waals surface area contributed by atoms with E-state index in [-0.39, 0.29) is 11.6 Å². The van der Waals surface area contributed by atoms with Gasteiger partial charge in [0, 0.05) is 28.8 Å². The highest BCUT2D eigenvalue weighted by Crippen LogP contribution is 2.79. The van der Waals surface area contributed by atoms with Crippen molar-refractivity contribution in [2.24, 2.45) is 28.9 Å². The molecule has 4 aliphatic rings. The lowest BCUT2D eigenvalue weighted by Gasteiger charge is -2.62. The fourth-order valence-corrected chi connectivity index (χ4v) is 10.3. The molecule has 1 heterocycles. The van der Waals surface area contributed by atoms with Crippen molar-refractivity contribution in [1.29, 1.82) is 0 Å². The Balaban J connectivity index is 1.65. The van der Waals surface area contributed by atoms with E-state index in [9.17, 15) is 4.57 Å². The lowest BCUT2D eigenvalue weighted by atomic mass is 9.45. The van der Waals surface area contributed by atoms with E-state index in [1.807, 2.05) is 36.4 Å². The van der Waals surface area contributed by atoms with Gasteiger partial charge in [-0.3, -0.25) is 0 Å². The first-order valence-electron chi connectivity index (χ1n) is 10.1. The van der Waals surface area contributed by atoms with Gasteiger partial charge in [0.2, 0.25) is 0 Å². The minimum absolute atomic E-state index is 0.227. The lowest BCUT2D eigenvalue weighted by Crippen LogP contribution is -2.57. The zero-order chi connectivity index (χ0) is 18.8. The highest BCUT2D eigenvalue weighted by Gasteiger charge is 2.65. The molecule has 0 unspecified atom stereocenters. The van der Waals surface area contributed by atoms with Crippen LogP contribution in [0, 0.1) is 23.2 Å². The summed E-state index contributed by atoms with van der Waals surface area (Å²) in [4.78, 5) is 0. The molecule has 3 fully saturated rings. The zero-order valence-electron chi connectivity index (χ0n) is 16.1. The Hall–Kier alpha value is -1.79. The summed E-state index contributed by atoms with van der Waals surface area (Å²) < 4.78 is 14.7. The molecule has 0 saturated heterocycles. The van der Waals surface area contributed by atoms with E-state index in [0.29, 0.717) is 23.4 Å². The summed E-state index contributed by atoms with van der Waals surface area (Å²) in [6.07, 6.45) is 2.96. The molecule has 3 saturated carbocycles. The molecule has 1 aliphatic heterocycles. The van der Waals surface area contributed by atoms with Gasteiger partial charge in [0.25, 0.3) is 0 Å². The van der Waals surface area contributed by atoms with Crippen molar-refractivity contribution in [1.82, 2.24) is 0 Å². The second-order valence-electron chi connectivity index (χ2n) is 9.30. The van der Waals surface area contributed by atoms with Crippen molar-refractivity contribution < 1.29 is 4.57 Å². The predicted octanol–water partition coefficient (Wildman–Crippen LogP) is 5.94. The smallest absolute Gasteiger partial charge is 0.125 e. The lowest BCUT2D eigenvalue weighted by molar-refractivity contribution is -0.0903. The molecule has 3 aliphatic carbocycles. The van der Waals surface area contributed by atoms with Gasteiger partial charge in [-0.05, 0) is 41.2 Å². The van der Waals surface area contributed by atoms with Crippen molar-refractivity contribution in [3.05, 3.63) is 77.5 Å². The summed E-state index contributed by atoms with van der Waals surface area (Å²) in [6.45, 7) is 4.77. The minimum atomic E-state index is -2.62. The number of hydrogen-bond donors (Lipinski definition) is 1. The third kappa shape index (κ3) is 2.36. The molecule has 6 rings (SSSR count). The van der Waals surface area contributed by atoms with E-state index in [1.54, 1.807) is 0 Å². The first kappa shape index (κ1) is 17.3. The molecular weight excluding hydrogens is 349 g/mol. The van der Waals surface area contributed by atoms with E-state index >= 15 is 0 Å². The second-order valence-corrected chi connectivity index (χ2v) is 12.3. The third-order valence-electron chi connectivity index (χ3n) is 7.77. The van der Waals surface area contributed by atoms with Crippen LogP contribution in [-0.2, 0) is 10.7 Å². The number of rotatable bonds is 3. The molecule has 2 N–H and O–H groups in total. The number of nitrogens with two attached hydrogens (primary N) is 1. The Bertz CT molecular complexity index is 947. The largest absolute Gasteiger partial charge is 0.401 e. The second kappa shape index (κ2) is 5.85. The standard InChI is InChI=1S/C24H28NOP/c1-24(2)18-13-19(24)21-20(14-18)27(26,15-16-9-5-3-6-10-16)23(22(21)25)17-11-7-4-8-12-17/h3-12,18-21H,13-15,25H2,1-2H3/t18-,19+,20+,21-,27+/m0/s1. The topological polar surface area (TPSA) is 43.1 Å². The van der Waals surface area contributed by atoms with Crippen LogP contribution in [0.5, 0.6) is 0 Å². The van der Waals surface area contributed by atoms with Gasteiger partial charge in [0.05, 0.1) is 0 Å². The van der Waals surface area contributed by atoms with Gasteiger partial charge < -0.3 is 10.3 Å². The molecule has 0 aromatic heterocycles. The maximum atomic E-state index is 14.7. The van der Waals surface area contributed by atoms with Crippen molar-refractivity contribution >= 4 is 12.5 Å². The molecule has 0 spiro atoms. The molecule has 2 aromatic carbocycles. The summed E-state index contributed by atoms with van der Waals surface area (Å²) in [5, 5.41) is 0.991. The van der Waals surface area contributed by atoms with Crippen LogP contribution in [0.3, 0.4) is 0 Å². The molecule has 0 amide bonds. The maximum Gasteiger partial charge on any atom is 0.125 e. The first-order valence-corrected chi connectivity index (χ1v) is 12.1. The van der Waals surface area contributed by atoms with Gasteiger partial charge in [-0.25, -0.2) is 0 Å². The maximum absolute atomic E-state index is 14.7. The summed E-state index contributed by atoms with van der Waals surface area (Å²) in [7, 11) is -2.62. The highest BCUT2D eigenvalue weighted by molar-refractivity contribution is 7.74. The third-order valence-corrected chi connectivity index (χ3v) is 11.5. The van der Waals surface area contributed by atoms with Crippen LogP contribution in [0.15, 0.2) is 66.4 Å². The van der Waals surface area contributed by atoms with Crippen LogP contribution in [0.4, 0.5) is 0 Å². The van der Waals surface area contributed by atoms with Gasteiger partial charge in [0.15, 0.2) is 0 Å². The van der Waals surface area contributed by atoms with E-state index < -0.39 is 7.14 Å². The molecule has 0 radical (unpaired) electrons. The Labute approximate surface area is 162 Å². The zero-order valence-corrected chi connectivity index (χ0v) is 17.0. The molecule has 2 nitrogen and oxygen atoms in total. The first-order chi connectivity index (χ1) is 12.9. The van der Waals surface area contributed by atoms with Crippen molar-refractivity contribution in [3.63, 3.8) is 0 Å². The molecule has 2 bridgehead atoms. The fraction of sp³-hybridized carbons (Fsp3) is 0.417. The summed E-state index contributed by atoms with van der Waals surface area (Å²) in [6, 6.07) is 20.6. The average Bonchev–Trinajstić information content (AvgIpc) is 2.90. The molecular formula is C24H28NOP. The van der Waals surface area contributed by atoms with E-state index in [1.165, 1.54) is 12.0 Å². The fourth-order valence-electron chi connectivity index (χ4n) is 6.20. The van der Waals surface area contributed by atoms with E-state index in [4.69, 9.17) is 5.73 Å². The minimum Gasteiger partial charge on any atom is -0.401 e. The Morgan fingerprint density at radius 2 is 1.63 bits per heavy atom. The molecule has 5 atom stereocenters. The van der Waals surface area contributed by atoms with E-state index in [2.05, 4.69) is 38.1 Å².